The molecule has 0 saturated carbocycles. The van der Waals surface area contributed by atoms with Gasteiger partial charge in [-0.2, -0.15) is 0 Å². The fourth-order valence-electron chi connectivity index (χ4n) is 3.64. The van der Waals surface area contributed by atoms with Crippen molar-refractivity contribution in [3.63, 3.8) is 0 Å². The number of hydrogen-bond acceptors (Lipinski definition) is 4. The van der Waals surface area contributed by atoms with Gasteiger partial charge in [0.05, 0.1) is 31.0 Å². The van der Waals surface area contributed by atoms with Gasteiger partial charge in [0.15, 0.2) is 0 Å². The van der Waals surface area contributed by atoms with Crippen LogP contribution < -0.4 is 9.47 Å². The predicted octanol–water partition coefficient (Wildman–Crippen LogP) is 4.44. The Hall–Kier alpha value is -3.34. The molecule has 1 aliphatic rings. The molecule has 3 aromatic rings. The van der Waals surface area contributed by atoms with Gasteiger partial charge in [-0.15, -0.1) is 0 Å². The van der Waals surface area contributed by atoms with Crippen LogP contribution in [-0.4, -0.2) is 30.3 Å². The van der Waals surface area contributed by atoms with E-state index in [1.54, 1.807) is 14.2 Å². The molecule has 0 amide bonds. The molecule has 0 radical (unpaired) electrons. The molecule has 0 aliphatic heterocycles. The summed E-state index contributed by atoms with van der Waals surface area (Å²) in [5.74, 6) is 0.503. The van der Waals surface area contributed by atoms with Crippen molar-refractivity contribution in [3.05, 3.63) is 64.8 Å². The van der Waals surface area contributed by atoms with Crippen molar-refractivity contribution in [2.45, 2.75) is 12.8 Å². The lowest BCUT2D eigenvalue weighted by Gasteiger charge is -2.10. The van der Waals surface area contributed by atoms with Crippen LogP contribution in [0.4, 0.5) is 0 Å². The molecule has 0 bridgehead atoms. The Balaban J connectivity index is 1.89. The Bertz CT molecular complexity index is 1060. The van der Waals surface area contributed by atoms with E-state index in [9.17, 15) is 9.90 Å². The van der Waals surface area contributed by atoms with Gasteiger partial charge in [0.1, 0.15) is 11.5 Å². The van der Waals surface area contributed by atoms with E-state index in [4.69, 9.17) is 14.5 Å². The first-order valence-corrected chi connectivity index (χ1v) is 8.69. The SMILES string of the molecule is COc1cc(C=C2CCc3c2nc2ccccc2c3C(=O)O)cc(OC)c1. The number of allylic oxidation sites excluding steroid dienone is 1. The maximum atomic E-state index is 11.9. The Kier molecular flexibility index (Phi) is 4.28. The molecule has 1 aliphatic carbocycles. The highest BCUT2D eigenvalue weighted by Gasteiger charge is 2.26. The minimum Gasteiger partial charge on any atom is -0.497 e. The highest BCUT2D eigenvalue weighted by atomic mass is 16.5. The van der Waals surface area contributed by atoms with Gasteiger partial charge in [-0.1, -0.05) is 18.2 Å². The number of methoxy groups -OCH3 is 2. The van der Waals surface area contributed by atoms with Crippen LogP contribution in [-0.2, 0) is 6.42 Å². The number of hydrogen-bond donors (Lipinski definition) is 1. The molecular formula is C22H19NO4. The molecule has 5 heteroatoms. The summed E-state index contributed by atoms with van der Waals surface area (Å²) in [6, 6.07) is 13.1. The van der Waals surface area contributed by atoms with Crippen molar-refractivity contribution < 1.29 is 19.4 Å². The van der Waals surface area contributed by atoms with Crippen molar-refractivity contribution >= 4 is 28.5 Å². The summed E-state index contributed by atoms with van der Waals surface area (Å²) in [7, 11) is 3.23. The fraction of sp³-hybridized carbons (Fsp3) is 0.182. The number of carboxylic acid groups (broad SMARTS) is 1. The number of pyridine rings is 1. The van der Waals surface area contributed by atoms with Gasteiger partial charge in [-0.05, 0) is 53.8 Å². The number of carboxylic acids is 1. The van der Waals surface area contributed by atoms with Crippen LogP contribution in [0.2, 0.25) is 0 Å². The van der Waals surface area contributed by atoms with Crippen LogP contribution in [0.5, 0.6) is 11.5 Å². The molecule has 0 atom stereocenters. The third-order valence-electron chi connectivity index (χ3n) is 4.87. The Labute approximate surface area is 156 Å². The summed E-state index contributed by atoms with van der Waals surface area (Å²) < 4.78 is 10.7. The monoisotopic (exact) mass is 361 g/mol. The van der Waals surface area contributed by atoms with Gasteiger partial charge in [-0.3, -0.25) is 0 Å². The molecule has 0 saturated heterocycles. The van der Waals surface area contributed by atoms with Gasteiger partial charge in [0, 0.05) is 11.5 Å². The first-order valence-electron chi connectivity index (χ1n) is 8.69. The molecule has 1 heterocycles. The summed E-state index contributed by atoms with van der Waals surface area (Å²) in [6.07, 6.45) is 3.45. The zero-order chi connectivity index (χ0) is 19.0. The Morgan fingerprint density at radius 2 is 1.78 bits per heavy atom. The number of ether oxygens (including phenoxy) is 2. The van der Waals surface area contributed by atoms with Gasteiger partial charge in [-0.25, -0.2) is 9.78 Å². The van der Waals surface area contributed by atoms with Crippen LogP contribution in [0, 0.1) is 0 Å². The summed E-state index contributed by atoms with van der Waals surface area (Å²) in [5.41, 5.74) is 4.59. The molecule has 1 aromatic heterocycles. The highest BCUT2D eigenvalue weighted by molar-refractivity contribution is 6.06. The standard InChI is InChI=1S/C22H19NO4/c1-26-15-10-13(11-16(12-15)27-2)9-14-7-8-18-20(22(24)25)17-5-3-4-6-19(17)23-21(14)18/h3-6,9-12H,7-8H2,1-2H3,(H,24,25). The normalized spacial score (nSPS) is 14.4. The number of aromatic carboxylic acids is 1. The molecule has 136 valence electrons. The topological polar surface area (TPSA) is 68.7 Å². The quantitative estimate of drug-likeness (QED) is 0.744. The van der Waals surface area contributed by atoms with E-state index >= 15 is 0 Å². The van der Waals surface area contributed by atoms with Gasteiger partial charge < -0.3 is 14.6 Å². The highest BCUT2D eigenvalue weighted by Crippen LogP contribution is 2.38. The van der Waals surface area contributed by atoms with Crippen LogP contribution in [0.15, 0.2) is 42.5 Å². The molecule has 1 N–H and O–H groups in total. The van der Waals surface area contributed by atoms with Crippen LogP contribution in [0.1, 0.15) is 33.6 Å². The first-order chi connectivity index (χ1) is 13.1. The van der Waals surface area contributed by atoms with E-state index in [0.717, 1.165) is 28.8 Å². The van der Waals surface area contributed by atoms with E-state index in [0.29, 0.717) is 34.4 Å². The van der Waals surface area contributed by atoms with Crippen molar-refractivity contribution in [1.82, 2.24) is 4.98 Å². The van der Waals surface area contributed by atoms with E-state index in [-0.39, 0.29) is 0 Å². The second-order valence-corrected chi connectivity index (χ2v) is 6.45. The molecule has 0 unspecified atom stereocenters. The van der Waals surface area contributed by atoms with Crippen molar-refractivity contribution in [2.24, 2.45) is 0 Å². The fourth-order valence-corrected chi connectivity index (χ4v) is 3.64. The Morgan fingerprint density at radius 3 is 2.44 bits per heavy atom. The van der Waals surface area contributed by atoms with Crippen LogP contribution in [0.25, 0.3) is 22.6 Å². The minimum absolute atomic E-state index is 0.363. The van der Waals surface area contributed by atoms with E-state index in [1.807, 2.05) is 48.5 Å². The van der Waals surface area contributed by atoms with Crippen LogP contribution in [0.3, 0.4) is 0 Å². The largest absolute Gasteiger partial charge is 0.497 e. The lowest BCUT2D eigenvalue weighted by molar-refractivity contribution is 0.0698. The molecule has 5 nitrogen and oxygen atoms in total. The number of nitrogens with zero attached hydrogens (tertiary/aromatic N) is 1. The smallest absolute Gasteiger partial charge is 0.336 e. The molecule has 4 rings (SSSR count). The molecular weight excluding hydrogens is 342 g/mol. The third kappa shape index (κ3) is 3.01. The maximum absolute atomic E-state index is 11.9. The molecule has 27 heavy (non-hydrogen) atoms. The maximum Gasteiger partial charge on any atom is 0.336 e. The van der Waals surface area contributed by atoms with Crippen molar-refractivity contribution in [1.29, 1.82) is 0 Å². The molecule has 2 aromatic carbocycles. The van der Waals surface area contributed by atoms with E-state index in [2.05, 4.69) is 0 Å². The minimum atomic E-state index is -0.908. The van der Waals surface area contributed by atoms with Gasteiger partial charge in [0.2, 0.25) is 0 Å². The number of aromatic nitrogens is 1. The van der Waals surface area contributed by atoms with Crippen molar-refractivity contribution in [3.8, 4) is 11.5 Å². The number of carbonyl (C=O) groups is 1. The zero-order valence-electron chi connectivity index (χ0n) is 15.2. The molecule has 0 spiro atoms. The van der Waals surface area contributed by atoms with Gasteiger partial charge >= 0.3 is 5.97 Å². The number of benzene rings is 2. The summed E-state index contributed by atoms with van der Waals surface area (Å²) in [5, 5.41) is 10.5. The Morgan fingerprint density at radius 1 is 1.07 bits per heavy atom. The summed E-state index contributed by atoms with van der Waals surface area (Å²) in [4.78, 5) is 16.7. The van der Waals surface area contributed by atoms with E-state index < -0.39 is 5.97 Å². The number of para-hydroxylation sites is 1. The van der Waals surface area contributed by atoms with Gasteiger partial charge in [0.25, 0.3) is 0 Å². The second kappa shape index (κ2) is 6.76. The average molecular weight is 361 g/mol. The lowest BCUT2D eigenvalue weighted by Crippen LogP contribution is -2.05. The molecule has 0 fully saturated rings. The van der Waals surface area contributed by atoms with E-state index in [1.165, 1.54) is 0 Å². The lowest BCUT2D eigenvalue weighted by atomic mass is 10.0. The number of fused-ring (bicyclic) bond motifs is 2. The number of rotatable bonds is 4. The average Bonchev–Trinajstić information content (AvgIpc) is 3.07. The van der Waals surface area contributed by atoms with Crippen LogP contribution >= 0.6 is 0 Å². The predicted molar refractivity (Wildman–Crippen MR) is 104 cm³/mol. The zero-order valence-corrected chi connectivity index (χ0v) is 15.2. The second-order valence-electron chi connectivity index (χ2n) is 6.45. The summed E-state index contributed by atoms with van der Waals surface area (Å²) >= 11 is 0. The summed E-state index contributed by atoms with van der Waals surface area (Å²) in [6.45, 7) is 0. The third-order valence-corrected chi connectivity index (χ3v) is 4.87. The van der Waals surface area contributed by atoms with Crippen molar-refractivity contribution in [2.75, 3.05) is 14.2 Å². The first kappa shape index (κ1) is 17.1.